The molecule has 2 aliphatic heterocycles. The highest BCUT2D eigenvalue weighted by atomic mass is 16.2. The average molecular weight is 406 g/mol. The minimum absolute atomic E-state index is 0.0706. The molecule has 0 aromatic heterocycles. The van der Waals surface area contributed by atoms with E-state index in [0.717, 1.165) is 33.1 Å². The standard InChI is InChI=1S/C26H22N4O/c1-29(16-19-9-6-8-17-7-2-3-10-20(17)19)26(31)30-25-18(15-27-30)13-14-22-21-11-4-5-12-23(21)28-24(22)25/h2-14,18,27H,15-16H2,1H3. The smallest absolute Gasteiger partial charge is 0.322 e. The van der Waals surface area contributed by atoms with E-state index >= 15 is 0 Å². The van der Waals surface area contributed by atoms with Crippen LogP contribution in [0.15, 0.2) is 95.3 Å². The Morgan fingerprint density at radius 2 is 1.90 bits per heavy atom. The molecule has 1 unspecified atom stereocenters. The van der Waals surface area contributed by atoms with Gasteiger partial charge in [-0.2, -0.15) is 0 Å². The molecule has 0 radical (unpaired) electrons. The summed E-state index contributed by atoms with van der Waals surface area (Å²) < 4.78 is 0. The number of urea groups is 1. The molecule has 3 aliphatic rings. The predicted molar refractivity (Wildman–Crippen MR) is 121 cm³/mol. The Bertz CT molecular complexity index is 1410. The molecule has 2 heterocycles. The van der Waals surface area contributed by atoms with Gasteiger partial charge in [-0.1, -0.05) is 72.8 Å². The molecule has 2 amide bonds. The van der Waals surface area contributed by atoms with Crippen molar-refractivity contribution in [1.29, 1.82) is 0 Å². The van der Waals surface area contributed by atoms with Crippen molar-refractivity contribution in [2.45, 2.75) is 6.54 Å². The maximum absolute atomic E-state index is 13.5. The molecule has 1 fully saturated rings. The molecule has 1 saturated heterocycles. The van der Waals surface area contributed by atoms with Gasteiger partial charge in [0.1, 0.15) is 0 Å². The van der Waals surface area contributed by atoms with Crippen molar-refractivity contribution in [1.82, 2.24) is 15.3 Å². The molecular weight excluding hydrogens is 384 g/mol. The minimum atomic E-state index is -0.0706. The van der Waals surface area contributed by atoms with Gasteiger partial charge in [0.2, 0.25) is 0 Å². The summed E-state index contributed by atoms with van der Waals surface area (Å²) in [5.74, 6) is 0.145. The van der Waals surface area contributed by atoms with Crippen molar-refractivity contribution in [2.24, 2.45) is 10.9 Å². The minimum Gasteiger partial charge on any atom is -0.322 e. The fraction of sp³-hybridized carbons (Fsp3) is 0.154. The topological polar surface area (TPSA) is 47.9 Å². The maximum atomic E-state index is 13.5. The quantitative estimate of drug-likeness (QED) is 0.711. The van der Waals surface area contributed by atoms with Gasteiger partial charge < -0.3 is 4.90 Å². The molecule has 0 spiro atoms. The number of amides is 2. The van der Waals surface area contributed by atoms with Gasteiger partial charge in [-0.15, -0.1) is 0 Å². The molecule has 0 saturated carbocycles. The van der Waals surface area contributed by atoms with Gasteiger partial charge in [-0.25, -0.2) is 20.2 Å². The van der Waals surface area contributed by atoms with Gasteiger partial charge in [0.25, 0.3) is 0 Å². The lowest BCUT2D eigenvalue weighted by atomic mass is 9.94. The fourth-order valence-electron chi connectivity index (χ4n) is 4.76. The van der Waals surface area contributed by atoms with Crippen molar-refractivity contribution in [2.75, 3.05) is 13.6 Å². The highest BCUT2D eigenvalue weighted by Crippen LogP contribution is 2.36. The van der Waals surface area contributed by atoms with Crippen LogP contribution in [0.1, 0.15) is 5.56 Å². The van der Waals surface area contributed by atoms with Crippen molar-refractivity contribution in [3.05, 3.63) is 106 Å². The molecule has 1 aliphatic carbocycles. The first-order valence-corrected chi connectivity index (χ1v) is 10.6. The summed E-state index contributed by atoms with van der Waals surface area (Å²) in [7, 11) is 1.86. The molecule has 5 nitrogen and oxygen atoms in total. The van der Waals surface area contributed by atoms with Crippen LogP contribution in [0.4, 0.5) is 4.79 Å². The van der Waals surface area contributed by atoms with E-state index in [2.05, 4.69) is 47.9 Å². The van der Waals surface area contributed by atoms with E-state index in [1.807, 2.05) is 43.4 Å². The predicted octanol–water partition coefficient (Wildman–Crippen LogP) is 3.09. The number of carbonyl (C=O) groups excluding carboxylic acids is 1. The van der Waals surface area contributed by atoms with Gasteiger partial charge in [-0.05, 0) is 22.4 Å². The average Bonchev–Trinajstić information content (AvgIpc) is 3.40. The lowest BCUT2D eigenvalue weighted by molar-refractivity contribution is 0.164. The number of benzene rings is 3. The van der Waals surface area contributed by atoms with Crippen molar-refractivity contribution >= 4 is 22.4 Å². The second-order valence-corrected chi connectivity index (χ2v) is 8.22. The van der Waals surface area contributed by atoms with Crippen molar-refractivity contribution in [3.8, 4) is 0 Å². The van der Waals surface area contributed by atoms with Crippen LogP contribution in [0.5, 0.6) is 0 Å². The van der Waals surface area contributed by atoms with Gasteiger partial charge in [-0.3, -0.25) is 0 Å². The van der Waals surface area contributed by atoms with E-state index < -0.39 is 0 Å². The van der Waals surface area contributed by atoms with E-state index in [1.54, 1.807) is 9.91 Å². The summed E-state index contributed by atoms with van der Waals surface area (Å²) in [5, 5.41) is 6.15. The third kappa shape index (κ3) is 2.81. The summed E-state index contributed by atoms with van der Waals surface area (Å²) in [6.45, 7) is 1.23. The number of hydrogen-bond donors (Lipinski definition) is 1. The first-order chi connectivity index (χ1) is 15.2. The molecule has 31 heavy (non-hydrogen) atoms. The third-order valence-corrected chi connectivity index (χ3v) is 6.29. The number of hydrogen-bond acceptors (Lipinski definition) is 3. The molecule has 152 valence electrons. The summed E-state index contributed by atoms with van der Waals surface area (Å²) >= 11 is 0. The Hall–Kier alpha value is -3.70. The van der Waals surface area contributed by atoms with E-state index in [1.165, 1.54) is 10.8 Å². The Kier molecular flexibility index (Phi) is 4.04. The zero-order valence-corrected chi connectivity index (χ0v) is 17.2. The molecule has 0 bridgehead atoms. The summed E-state index contributed by atoms with van der Waals surface area (Å²) in [5.41, 5.74) is 7.39. The van der Waals surface area contributed by atoms with Gasteiger partial charge in [0.05, 0.1) is 16.8 Å². The highest BCUT2D eigenvalue weighted by Gasteiger charge is 2.38. The van der Waals surface area contributed by atoms with Crippen LogP contribution in [0.25, 0.3) is 16.3 Å². The summed E-state index contributed by atoms with van der Waals surface area (Å²) in [6, 6.07) is 22.6. The molecule has 1 N–H and O–H groups in total. The number of nitrogens with one attached hydrogen (secondary N) is 1. The van der Waals surface area contributed by atoms with Crippen LogP contribution < -0.4 is 16.0 Å². The highest BCUT2D eigenvalue weighted by molar-refractivity contribution is 5.86. The largest absolute Gasteiger partial charge is 0.338 e. The molecule has 1 atom stereocenters. The molecule has 3 aromatic carbocycles. The first kappa shape index (κ1) is 18.1. The van der Waals surface area contributed by atoms with E-state index in [0.29, 0.717) is 13.1 Å². The summed E-state index contributed by atoms with van der Waals surface area (Å²) in [4.78, 5) is 20.1. The van der Waals surface area contributed by atoms with Crippen LogP contribution in [0.3, 0.4) is 0 Å². The van der Waals surface area contributed by atoms with Gasteiger partial charge >= 0.3 is 6.03 Å². The Labute approximate surface area is 180 Å². The van der Waals surface area contributed by atoms with Crippen LogP contribution in [0, 0.1) is 5.92 Å². The lowest BCUT2D eigenvalue weighted by Crippen LogP contribution is -2.44. The molecule has 6 rings (SSSR count). The number of fused-ring (bicyclic) bond motifs is 4. The van der Waals surface area contributed by atoms with Gasteiger partial charge in [0.15, 0.2) is 0 Å². The zero-order chi connectivity index (χ0) is 20.9. The summed E-state index contributed by atoms with van der Waals surface area (Å²) in [6.07, 6.45) is 4.32. The Balaban J connectivity index is 1.35. The van der Waals surface area contributed by atoms with Crippen LogP contribution in [0.2, 0.25) is 0 Å². The third-order valence-electron chi connectivity index (χ3n) is 6.29. The van der Waals surface area contributed by atoms with Gasteiger partial charge in [0, 0.05) is 36.8 Å². The molecule has 5 heteroatoms. The second kappa shape index (κ2) is 6.93. The number of para-hydroxylation sites is 1. The Morgan fingerprint density at radius 1 is 1.10 bits per heavy atom. The zero-order valence-electron chi connectivity index (χ0n) is 17.2. The normalized spacial score (nSPS) is 18.7. The molecule has 3 aromatic rings. The number of rotatable bonds is 2. The van der Waals surface area contributed by atoms with Crippen LogP contribution >= 0.6 is 0 Å². The SMILES string of the molecule is CN(Cc1cccc2ccccc12)C(=O)N1NCC2C=CC3=c4ccccc4=NC3=C21. The maximum Gasteiger partial charge on any atom is 0.338 e. The lowest BCUT2D eigenvalue weighted by Gasteiger charge is -2.28. The second-order valence-electron chi connectivity index (χ2n) is 8.22. The van der Waals surface area contributed by atoms with Crippen molar-refractivity contribution < 1.29 is 4.79 Å². The van der Waals surface area contributed by atoms with Crippen LogP contribution in [-0.4, -0.2) is 29.5 Å². The number of allylic oxidation sites excluding steroid dienone is 1. The first-order valence-electron chi connectivity index (χ1n) is 10.6. The number of carbonyl (C=O) groups is 1. The van der Waals surface area contributed by atoms with E-state index in [9.17, 15) is 4.79 Å². The monoisotopic (exact) mass is 406 g/mol. The van der Waals surface area contributed by atoms with E-state index in [4.69, 9.17) is 4.99 Å². The molecular formula is C26H22N4O. The van der Waals surface area contributed by atoms with E-state index in [-0.39, 0.29) is 11.9 Å². The number of nitrogens with zero attached hydrogens (tertiary/aromatic N) is 3. The van der Waals surface area contributed by atoms with Crippen molar-refractivity contribution in [3.63, 3.8) is 0 Å². The van der Waals surface area contributed by atoms with Crippen LogP contribution in [-0.2, 0) is 6.54 Å². The fourth-order valence-corrected chi connectivity index (χ4v) is 4.76. The Morgan fingerprint density at radius 3 is 2.84 bits per heavy atom. The number of hydrazine groups is 1.